The highest BCUT2D eigenvalue weighted by atomic mass is 16.5. The number of nitrogen functional groups attached to an aromatic ring is 2. The van der Waals surface area contributed by atoms with Gasteiger partial charge in [0.2, 0.25) is 11.8 Å². The lowest BCUT2D eigenvalue weighted by Gasteiger charge is -2.08. The summed E-state index contributed by atoms with van der Waals surface area (Å²) in [6.07, 6.45) is 0. The van der Waals surface area contributed by atoms with Crippen LogP contribution in [0.3, 0.4) is 0 Å². The lowest BCUT2D eigenvalue weighted by Crippen LogP contribution is -2.00. The fourth-order valence-corrected chi connectivity index (χ4v) is 1.91. The van der Waals surface area contributed by atoms with Gasteiger partial charge in [-0.2, -0.15) is 9.97 Å². The van der Waals surface area contributed by atoms with Crippen molar-refractivity contribution in [2.45, 2.75) is 0 Å². The number of ether oxygens (including phenoxy) is 1. The minimum Gasteiger partial charge on any atom is -0.438 e. The second-order valence-electron chi connectivity index (χ2n) is 4.07. The van der Waals surface area contributed by atoms with Crippen LogP contribution in [0.2, 0.25) is 0 Å². The predicted octanol–water partition coefficient (Wildman–Crippen LogP) is 2.59. The molecule has 0 bridgehead atoms. The summed E-state index contributed by atoms with van der Waals surface area (Å²) in [4.78, 5) is 7.80. The van der Waals surface area contributed by atoms with Gasteiger partial charge in [0.25, 0.3) is 0 Å². The molecule has 0 aliphatic heterocycles. The van der Waals surface area contributed by atoms with Crippen LogP contribution in [0.5, 0.6) is 11.6 Å². The highest BCUT2D eigenvalue weighted by Crippen LogP contribution is 2.29. The van der Waals surface area contributed by atoms with Crippen molar-refractivity contribution in [3.05, 3.63) is 48.5 Å². The van der Waals surface area contributed by atoms with E-state index in [1.807, 2.05) is 42.5 Å². The summed E-state index contributed by atoms with van der Waals surface area (Å²) in [5.41, 5.74) is 11.2. The fourth-order valence-electron chi connectivity index (χ4n) is 1.91. The Morgan fingerprint density at radius 1 is 0.895 bits per heavy atom. The third-order valence-electron chi connectivity index (χ3n) is 2.70. The van der Waals surface area contributed by atoms with E-state index in [9.17, 15) is 0 Å². The molecule has 5 heteroatoms. The smallest absolute Gasteiger partial charge is 0.226 e. The highest BCUT2D eigenvalue weighted by molar-refractivity contribution is 5.88. The van der Waals surface area contributed by atoms with E-state index in [1.54, 1.807) is 0 Å². The predicted molar refractivity (Wildman–Crippen MR) is 74.9 cm³/mol. The van der Waals surface area contributed by atoms with Gasteiger partial charge in [-0.3, -0.25) is 0 Å². The van der Waals surface area contributed by atoms with Crippen molar-refractivity contribution in [1.82, 2.24) is 9.97 Å². The van der Waals surface area contributed by atoms with Gasteiger partial charge >= 0.3 is 0 Å². The van der Waals surface area contributed by atoms with Crippen LogP contribution in [0.25, 0.3) is 10.8 Å². The Labute approximate surface area is 109 Å². The molecule has 0 atom stereocenters. The van der Waals surface area contributed by atoms with Crippen molar-refractivity contribution in [1.29, 1.82) is 0 Å². The second-order valence-corrected chi connectivity index (χ2v) is 4.07. The van der Waals surface area contributed by atoms with E-state index in [0.717, 1.165) is 10.8 Å². The van der Waals surface area contributed by atoms with Gasteiger partial charge in [-0.15, -0.1) is 0 Å². The molecule has 1 aromatic heterocycles. The summed E-state index contributed by atoms with van der Waals surface area (Å²) in [6, 6.07) is 15.3. The summed E-state index contributed by atoms with van der Waals surface area (Å²) < 4.78 is 5.74. The number of aromatic nitrogens is 2. The Bertz CT molecular complexity index is 717. The first-order valence-corrected chi connectivity index (χ1v) is 5.78. The molecule has 3 rings (SSSR count). The van der Waals surface area contributed by atoms with Crippen molar-refractivity contribution < 1.29 is 4.74 Å². The molecule has 3 aromatic rings. The molecule has 0 unspecified atom stereocenters. The summed E-state index contributed by atoms with van der Waals surface area (Å²) in [6.45, 7) is 0. The van der Waals surface area contributed by atoms with Crippen LogP contribution in [-0.4, -0.2) is 9.97 Å². The Morgan fingerprint density at radius 2 is 1.68 bits per heavy atom. The molecule has 5 nitrogen and oxygen atoms in total. The van der Waals surface area contributed by atoms with E-state index in [-0.39, 0.29) is 11.8 Å². The molecular weight excluding hydrogens is 240 g/mol. The number of fused-ring (bicyclic) bond motifs is 1. The van der Waals surface area contributed by atoms with Gasteiger partial charge in [-0.1, -0.05) is 36.4 Å². The largest absolute Gasteiger partial charge is 0.438 e. The first kappa shape index (κ1) is 11.3. The third kappa shape index (κ3) is 2.26. The lowest BCUT2D eigenvalue weighted by atomic mass is 10.1. The maximum atomic E-state index is 5.74. The fraction of sp³-hybridized carbons (Fsp3) is 0. The Morgan fingerprint density at radius 3 is 2.53 bits per heavy atom. The molecular formula is C14H12N4O. The number of nitrogens with two attached hydrogens (primary N) is 2. The maximum Gasteiger partial charge on any atom is 0.226 e. The van der Waals surface area contributed by atoms with Crippen LogP contribution in [0.1, 0.15) is 0 Å². The van der Waals surface area contributed by atoms with Crippen LogP contribution in [0, 0.1) is 0 Å². The zero-order valence-corrected chi connectivity index (χ0v) is 10.1. The molecule has 0 saturated carbocycles. The van der Waals surface area contributed by atoms with E-state index in [0.29, 0.717) is 11.6 Å². The van der Waals surface area contributed by atoms with Gasteiger partial charge < -0.3 is 16.2 Å². The van der Waals surface area contributed by atoms with Crippen molar-refractivity contribution in [2.75, 3.05) is 11.5 Å². The zero-order valence-electron chi connectivity index (χ0n) is 10.1. The highest BCUT2D eigenvalue weighted by Gasteiger charge is 2.05. The second kappa shape index (κ2) is 4.45. The molecule has 0 spiro atoms. The van der Waals surface area contributed by atoms with Gasteiger partial charge in [0.15, 0.2) is 0 Å². The molecule has 0 amide bonds. The van der Waals surface area contributed by atoms with E-state index < -0.39 is 0 Å². The average Bonchev–Trinajstić information content (AvgIpc) is 2.38. The number of benzene rings is 2. The summed E-state index contributed by atoms with van der Waals surface area (Å²) in [7, 11) is 0. The summed E-state index contributed by atoms with van der Waals surface area (Å²) >= 11 is 0. The van der Waals surface area contributed by atoms with Gasteiger partial charge in [0.05, 0.1) is 0 Å². The van der Waals surface area contributed by atoms with Crippen LogP contribution in [0.15, 0.2) is 48.5 Å². The van der Waals surface area contributed by atoms with Gasteiger partial charge in [0.1, 0.15) is 11.6 Å². The number of nitrogens with zero attached hydrogens (tertiary/aromatic N) is 2. The molecule has 0 aliphatic carbocycles. The molecule has 1 heterocycles. The number of rotatable bonds is 2. The Hall–Kier alpha value is -2.82. The Kier molecular flexibility index (Phi) is 2.64. The van der Waals surface area contributed by atoms with E-state index in [2.05, 4.69) is 9.97 Å². The van der Waals surface area contributed by atoms with E-state index >= 15 is 0 Å². The van der Waals surface area contributed by atoms with Crippen LogP contribution in [0.4, 0.5) is 11.8 Å². The van der Waals surface area contributed by atoms with E-state index in [1.165, 1.54) is 6.07 Å². The monoisotopic (exact) mass is 252 g/mol. The molecule has 0 fully saturated rings. The van der Waals surface area contributed by atoms with Crippen LogP contribution in [-0.2, 0) is 0 Å². The van der Waals surface area contributed by atoms with Crippen molar-refractivity contribution in [3.63, 3.8) is 0 Å². The van der Waals surface area contributed by atoms with Gasteiger partial charge in [-0.25, -0.2) is 0 Å². The first-order valence-electron chi connectivity index (χ1n) is 5.78. The first-order chi connectivity index (χ1) is 9.22. The zero-order chi connectivity index (χ0) is 13.2. The number of anilines is 2. The van der Waals surface area contributed by atoms with Gasteiger partial charge in [0, 0.05) is 11.5 Å². The molecule has 0 radical (unpaired) electrons. The SMILES string of the molecule is Nc1cc(Oc2cccc3ccccc23)nc(N)n1. The maximum absolute atomic E-state index is 5.74. The lowest BCUT2D eigenvalue weighted by molar-refractivity contribution is 0.468. The normalized spacial score (nSPS) is 10.5. The summed E-state index contributed by atoms with van der Waals surface area (Å²) in [5, 5.41) is 2.09. The Balaban J connectivity index is 2.05. The molecule has 94 valence electrons. The average molecular weight is 252 g/mol. The minimum atomic E-state index is 0.0928. The number of hydrogen-bond acceptors (Lipinski definition) is 5. The minimum absolute atomic E-state index is 0.0928. The molecule has 4 N–H and O–H groups in total. The van der Waals surface area contributed by atoms with Crippen LogP contribution < -0.4 is 16.2 Å². The summed E-state index contributed by atoms with van der Waals surface area (Å²) in [5.74, 6) is 1.41. The topological polar surface area (TPSA) is 87.0 Å². The van der Waals surface area contributed by atoms with E-state index in [4.69, 9.17) is 16.2 Å². The van der Waals surface area contributed by atoms with Crippen molar-refractivity contribution in [3.8, 4) is 11.6 Å². The standard InChI is InChI=1S/C14H12N4O/c15-12-8-13(18-14(16)17-12)19-11-7-3-5-9-4-1-2-6-10(9)11/h1-8H,(H4,15,16,17,18). The third-order valence-corrected chi connectivity index (χ3v) is 2.70. The van der Waals surface area contributed by atoms with Crippen LogP contribution >= 0.6 is 0 Å². The molecule has 0 aliphatic rings. The van der Waals surface area contributed by atoms with Gasteiger partial charge in [-0.05, 0) is 11.5 Å². The molecule has 19 heavy (non-hydrogen) atoms. The number of hydrogen-bond donors (Lipinski definition) is 2. The molecule has 0 saturated heterocycles. The van der Waals surface area contributed by atoms with Crippen molar-refractivity contribution >= 4 is 22.5 Å². The molecule has 2 aromatic carbocycles. The quantitative estimate of drug-likeness (QED) is 0.732. The van der Waals surface area contributed by atoms with Crippen molar-refractivity contribution in [2.24, 2.45) is 0 Å².